The van der Waals surface area contributed by atoms with Gasteiger partial charge in [0.25, 0.3) is 0 Å². The number of aliphatic hydroxyl groups excluding tert-OH is 1. The fourth-order valence-electron chi connectivity index (χ4n) is 2.18. The van der Waals surface area contributed by atoms with E-state index in [1.54, 1.807) is 25.1 Å². The van der Waals surface area contributed by atoms with Gasteiger partial charge in [0.1, 0.15) is 28.2 Å². The Balaban J connectivity index is 1.95. The molecular weight excluding hydrogens is 343 g/mol. The van der Waals surface area contributed by atoms with Crippen LogP contribution < -0.4 is 0 Å². The Labute approximate surface area is 147 Å². The van der Waals surface area contributed by atoms with Crippen molar-refractivity contribution in [1.29, 1.82) is 5.26 Å². The fraction of sp³-hybridized carbons (Fsp3) is 0.111. The molecule has 24 heavy (non-hydrogen) atoms. The molecule has 1 aromatic heterocycles. The van der Waals surface area contributed by atoms with E-state index in [2.05, 4.69) is 4.98 Å². The number of rotatable bonds is 4. The van der Waals surface area contributed by atoms with Crippen LogP contribution in [0.1, 0.15) is 11.9 Å². The van der Waals surface area contributed by atoms with Gasteiger partial charge in [0, 0.05) is 4.90 Å². The monoisotopic (exact) mass is 356 g/mol. The first-order valence-electron chi connectivity index (χ1n) is 7.20. The van der Waals surface area contributed by atoms with E-state index in [0.717, 1.165) is 10.2 Å². The lowest BCUT2D eigenvalue weighted by Gasteiger charge is -2.12. The topological polar surface area (TPSA) is 56.9 Å². The number of benzene rings is 2. The Morgan fingerprint density at radius 3 is 2.67 bits per heavy atom. The number of thioether (sulfide) groups is 1. The van der Waals surface area contributed by atoms with Gasteiger partial charge in [0.05, 0.1) is 15.5 Å². The number of fused-ring (bicyclic) bond motifs is 1. The Bertz CT molecular complexity index is 926. The smallest absolute Gasteiger partial charge is 0.138 e. The lowest BCUT2D eigenvalue weighted by Crippen LogP contribution is -2.04. The molecule has 1 atom stereocenters. The van der Waals surface area contributed by atoms with Crippen LogP contribution >= 0.6 is 23.1 Å². The van der Waals surface area contributed by atoms with Gasteiger partial charge in [-0.15, -0.1) is 23.1 Å². The molecule has 0 saturated heterocycles. The van der Waals surface area contributed by atoms with Crippen molar-refractivity contribution in [3.05, 3.63) is 65.1 Å². The Morgan fingerprint density at radius 1 is 1.25 bits per heavy atom. The van der Waals surface area contributed by atoms with E-state index in [9.17, 15) is 14.8 Å². The predicted octanol–water partition coefficient (Wildman–Crippen LogP) is 5.41. The molecule has 0 bridgehead atoms. The Kier molecular flexibility index (Phi) is 4.84. The molecule has 3 aromatic rings. The summed E-state index contributed by atoms with van der Waals surface area (Å²) in [6.07, 6.45) is 0. The average molecular weight is 356 g/mol. The van der Waals surface area contributed by atoms with Crippen molar-refractivity contribution < 1.29 is 9.50 Å². The third-order valence-electron chi connectivity index (χ3n) is 3.40. The Hall–Kier alpha value is -2.36. The third kappa shape index (κ3) is 3.28. The summed E-state index contributed by atoms with van der Waals surface area (Å²) in [4.78, 5) is 4.84. The second kappa shape index (κ2) is 7.04. The van der Waals surface area contributed by atoms with Gasteiger partial charge in [-0.1, -0.05) is 24.3 Å². The quantitative estimate of drug-likeness (QED) is 0.386. The van der Waals surface area contributed by atoms with Crippen molar-refractivity contribution in [1.82, 2.24) is 4.98 Å². The molecule has 1 N–H and O–H groups in total. The van der Waals surface area contributed by atoms with Crippen LogP contribution in [0, 0.1) is 17.1 Å². The first kappa shape index (κ1) is 16.5. The molecule has 0 fully saturated rings. The molecule has 0 aliphatic carbocycles. The van der Waals surface area contributed by atoms with E-state index in [1.165, 1.54) is 29.2 Å². The van der Waals surface area contributed by atoms with Crippen molar-refractivity contribution in [2.45, 2.75) is 17.1 Å². The number of aliphatic hydroxyl groups is 1. The zero-order valence-electron chi connectivity index (χ0n) is 12.7. The summed E-state index contributed by atoms with van der Waals surface area (Å²) >= 11 is 2.52. The molecule has 3 nitrogen and oxygen atoms in total. The van der Waals surface area contributed by atoms with E-state index in [4.69, 9.17) is 0 Å². The summed E-state index contributed by atoms with van der Waals surface area (Å²) in [7, 11) is 0. The van der Waals surface area contributed by atoms with Crippen LogP contribution in [-0.2, 0) is 0 Å². The average Bonchev–Trinajstić information content (AvgIpc) is 3.01. The van der Waals surface area contributed by atoms with Gasteiger partial charge in [0.15, 0.2) is 0 Å². The number of para-hydroxylation sites is 1. The molecule has 0 aliphatic heterocycles. The highest BCUT2D eigenvalue weighted by Crippen LogP contribution is 2.34. The molecule has 1 heterocycles. The molecule has 2 aromatic carbocycles. The second-order valence-electron chi connectivity index (χ2n) is 5.05. The molecule has 3 rings (SSSR count). The molecule has 0 radical (unpaired) electrons. The second-order valence-corrected chi connectivity index (χ2v) is 7.46. The van der Waals surface area contributed by atoms with Crippen molar-refractivity contribution in [2.24, 2.45) is 0 Å². The number of halogens is 1. The number of nitrogens with zero attached hydrogens (tertiary/aromatic N) is 2. The first-order valence-corrected chi connectivity index (χ1v) is 8.90. The molecule has 1 unspecified atom stereocenters. The van der Waals surface area contributed by atoms with Crippen molar-refractivity contribution >= 4 is 38.9 Å². The van der Waals surface area contributed by atoms with Gasteiger partial charge in [-0.25, -0.2) is 9.37 Å². The van der Waals surface area contributed by atoms with Crippen molar-refractivity contribution in [2.75, 3.05) is 0 Å². The SMILES string of the molecule is CC(Sc1ccccc1F)/C(O)=C(\C#N)c1nc2ccccc2s1. The summed E-state index contributed by atoms with van der Waals surface area (Å²) in [6.45, 7) is 1.73. The Morgan fingerprint density at radius 2 is 1.96 bits per heavy atom. The standard InChI is InChI=1S/C18H13FN2OS2/c1-11(23-15-8-4-2-6-13(15)19)17(22)12(10-20)18-21-14-7-3-5-9-16(14)24-18/h2-9,11,22H,1H3/b17-12-. The maximum Gasteiger partial charge on any atom is 0.138 e. The number of thiazole rings is 1. The first-order chi connectivity index (χ1) is 11.6. The lowest BCUT2D eigenvalue weighted by molar-refractivity contribution is 0.402. The van der Waals surface area contributed by atoms with Crippen LogP contribution in [0.5, 0.6) is 0 Å². The molecule has 6 heteroatoms. The highest BCUT2D eigenvalue weighted by Gasteiger charge is 2.20. The maximum atomic E-state index is 13.8. The fourth-order valence-corrected chi connectivity index (χ4v) is 4.10. The van der Waals surface area contributed by atoms with Gasteiger partial charge >= 0.3 is 0 Å². The van der Waals surface area contributed by atoms with Gasteiger partial charge < -0.3 is 5.11 Å². The van der Waals surface area contributed by atoms with E-state index < -0.39 is 5.25 Å². The molecule has 0 aliphatic rings. The van der Waals surface area contributed by atoms with Crippen LogP contribution in [0.3, 0.4) is 0 Å². The van der Waals surface area contributed by atoms with Gasteiger partial charge in [-0.3, -0.25) is 0 Å². The zero-order valence-corrected chi connectivity index (χ0v) is 14.4. The predicted molar refractivity (Wildman–Crippen MR) is 96.5 cm³/mol. The van der Waals surface area contributed by atoms with Crippen molar-refractivity contribution in [3.63, 3.8) is 0 Å². The number of hydrogen-bond donors (Lipinski definition) is 1. The maximum absolute atomic E-state index is 13.8. The number of allylic oxidation sites excluding steroid dienone is 1. The third-order valence-corrected chi connectivity index (χ3v) is 5.62. The van der Waals surface area contributed by atoms with Gasteiger partial charge in [0.2, 0.25) is 0 Å². The lowest BCUT2D eigenvalue weighted by atomic mass is 10.2. The summed E-state index contributed by atoms with van der Waals surface area (Å²) in [5.41, 5.74) is 0.917. The van der Waals surface area contributed by atoms with E-state index in [-0.39, 0.29) is 17.1 Å². The van der Waals surface area contributed by atoms with Gasteiger partial charge in [-0.05, 0) is 31.2 Å². The van der Waals surface area contributed by atoms with E-state index >= 15 is 0 Å². The van der Waals surface area contributed by atoms with Gasteiger partial charge in [-0.2, -0.15) is 5.26 Å². The number of hydrogen-bond acceptors (Lipinski definition) is 5. The van der Waals surface area contributed by atoms with Crippen LogP contribution in [-0.4, -0.2) is 15.3 Å². The molecule has 0 saturated carbocycles. The van der Waals surface area contributed by atoms with Crippen LogP contribution in [0.2, 0.25) is 0 Å². The van der Waals surface area contributed by atoms with Crippen molar-refractivity contribution in [3.8, 4) is 6.07 Å². The summed E-state index contributed by atoms with van der Waals surface area (Å²) in [5, 5.41) is 19.9. The highest BCUT2D eigenvalue weighted by atomic mass is 32.2. The minimum absolute atomic E-state index is 0.0928. The van der Waals surface area contributed by atoms with Crippen LogP contribution in [0.4, 0.5) is 4.39 Å². The molecular formula is C18H13FN2OS2. The zero-order chi connectivity index (χ0) is 17.1. The summed E-state index contributed by atoms with van der Waals surface area (Å²) < 4.78 is 14.7. The highest BCUT2D eigenvalue weighted by molar-refractivity contribution is 8.00. The van der Waals surface area contributed by atoms with Crippen LogP contribution in [0.25, 0.3) is 15.8 Å². The minimum Gasteiger partial charge on any atom is -0.510 e. The largest absolute Gasteiger partial charge is 0.510 e. The minimum atomic E-state index is -0.469. The molecule has 0 amide bonds. The number of aromatic nitrogens is 1. The molecule has 0 spiro atoms. The van der Waals surface area contributed by atoms with E-state index in [1.807, 2.05) is 30.3 Å². The van der Waals surface area contributed by atoms with Crippen LogP contribution in [0.15, 0.2) is 59.2 Å². The number of nitriles is 1. The summed E-state index contributed by atoms with van der Waals surface area (Å²) in [5.74, 6) is -0.439. The van der Waals surface area contributed by atoms with E-state index in [0.29, 0.717) is 9.90 Å². The normalized spacial score (nSPS) is 13.4. The molecule has 120 valence electrons. The summed E-state index contributed by atoms with van der Waals surface area (Å²) in [6, 6.07) is 15.9.